The fraction of sp³-hybridized carbons (Fsp3) is 0.200. The Morgan fingerprint density at radius 1 is 1.17 bits per heavy atom. The van der Waals surface area contributed by atoms with E-state index in [0.29, 0.717) is 5.56 Å². The van der Waals surface area contributed by atoms with Crippen molar-refractivity contribution in [1.82, 2.24) is 0 Å². The number of benzene rings is 1. The van der Waals surface area contributed by atoms with Crippen LogP contribution >= 0.6 is 0 Å². The van der Waals surface area contributed by atoms with Crippen LogP contribution in [-0.4, -0.2) is 0 Å². The van der Waals surface area contributed by atoms with Crippen molar-refractivity contribution in [2.75, 3.05) is 5.32 Å². The lowest BCUT2D eigenvalue weighted by molar-refractivity contribution is -0.370. The fourth-order valence-corrected chi connectivity index (χ4v) is 1.99. The molecule has 2 N–H and O–H groups in total. The Bertz CT molecular complexity index is 624. The minimum absolute atomic E-state index is 0.655. The van der Waals surface area contributed by atoms with Gasteiger partial charge >= 0.3 is 0 Å². The van der Waals surface area contributed by atoms with Crippen LogP contribution in [0.4, 0.5) is 11.5 Å². The van der Waals surface area contributed by atoms with Gasteiger partial charge in [-0.3, -0.25) is 0 Å². The van der Waals surface area contributed by atoms with Crippen LogP contribution in [-0.2, 0) is 0 Å². The highest BCUT2D eigenvalue weighted by molar-refractivity contribution is 5.62. The van der Waals surface area contributed by atoms with Gasteiger partial charge < -0.3 is 0 Å². The van der Waals surface area contributed by atoms with E-state index in [1.54, 1.807) is 0 Å². The Kier molecular flexibility index (Phi) is 3.29. The van der Waals surface area contributed by atoms with E-state index in [2.05, 4.69) is 16.4 Å². The molecular formula is C15H16N3+. The quantitative estimate of drug-likeness (QED) is 0.874. The molecule has 0 aliphatic heterocycles. The maximum atomic E-state index is 9.21. The number of hydrogen-bond acceptors (Lipinski definition) is 2. The van der Waals surface area contributed by atoms with Crippen molar-refractivity contribution < 1.29 is 4.98 Å². The van der Waals surface area contributed by atoms with Crippen molar-refractivity contribution >= 4 is 11.5 Å². The first-order valence-electron chi connectivity index (χ1n) is 5.87. The molecule has 2 rings (SSSR count). The summed E-state index contributed by atoms with van der Waals surface area (Å²) in [6.07, 6.45) is 0. The van der Waals surface area contributed by atoms with Gasteiger partial charge in [-0.2, -0.15) is 5.26 Å². The Morgan fingerprint density at radius 2 is 1.94 bits per heavy atom. The zero-order chi connectivity index (χ0) is 13.1. The maximum Gasteiger partial charge on any atom is 0.295 e. The molecule has 18 heavy (non-hydrogen) atoms. The Morgan fingerprint density at radius 3 is 2.61 bits per heavy atom. The van der Waals surface area contributed by atoms with E-state index < -0.39 is 0 Å². The summed E-state index contributed by atoms with van der Waals surface area (Å²) in [4.78, 5) is 3.20. The predicted octanol–water partition coefficient (Wildman–Crippen LogP) is 3.04. The lowest BCUT2D eigenvalue weighted by Crippen LogP contribution is -2.16. The molecule has 0 bridgehead atoms. The van der Waals surface area contributed by atoms with Gasteiger partial charge in [0.25, 0.3) is 5.82 Å². The van der Waals surface area contributed by atoms with E-state index in [1.807, 2.05) is 51.1 Å². The third kappa shape index (κ3) is 2.49. The number of nitriles is 1. The fourth-order valence-electron chi connectivity index (χ4n) is 1.99. The molecule has 3 heteroatoms. The van der Waals surface area contributed by atoms with E-state index in [4.69, 9.17) is 0 Å². The van der Waals surface area contributed by atoms with Crippen molar-refractivity contribution in [2.45, 2.75) is 20.8 Å². The van der Waals surface area contributed by atoms with E-state index in [1.165, 1.54) is 5.56 Å². The number of rotatable bonds is 2. The minimum Gasteiger partial charge on any atom is -0.244 e. The molecule has 0 aliphatic rings. The second-order valence-electron chi connectivity index (χ2n) is 4.49. The largest absolute Gasteiger partial charge is 0.295 e. The number of aromatic nitrogens is 1. The zero-order valence-corrected chi connectivity index (χ0v) is 10.8. The molecule has 0 radical (unpaired) electrons. The van der Waals surface area contributed by atoms with Gasteiger partial charge in [0.15, 0.2) is 0 Å². The molecule has 1 aromatic carbocycles. The number of nitrogens with zero attached hydrogens (tertiary/aromatic N) is 1. The van der Waals surface area contributed by atoms with Gasteiger partial charge in [0, 0.05) is 0 Å². The predicted molar refractivity (Wildman–Crippen MR) is 71.6 cm³/mol. The molecule has 1 heterocycles. The normalized spacial score (nSPS) is 9.89. The van der Waals surface area contributed by atoms with Gasteiger partial charge in [-0.25, -0.2) is 10.3 Å². The smallest absolute Gasteiger partial charge is 0.244 e. The Balaban J connectivity index is 2.43. The van der Waals surface area contributed by atoms with Crippen LogP contribution in [0.1, 0.15) is 22.4 Å². The molecule has 0 fully saturated rings. The van der Waals surface area contributed by atoms with Crippen LogP contribution in [0.25, 0.3) is 0 Å². The lowest BCUT2D eigenvalue weighted by atomic mass is 10.1. The number of hydrogen-bond donors (Lipinski definition) is 1. The van der Waals surface area contributed by atoms with Crippen molar-refractivity contribution in [1.29, 1.82) is 5.26 Å². The third-order valence-electron chi connectivity index (χ3n) is 2.80. The van der Waals surface area contributed by atoms with E-state index >= 15 is 0 Å². The summed E-state index contributed by atoms with van der Waals surface area (Å²) in [5, 5.41) is 12.5. The third-order valence-corrected chi connectivity index (χ3v) is 2.80. The van der Waals surface area contributed by atoms with E-state index in [0.717, 1.165) is 22.8 Å². The first kappa shape index (κ1) is 12.1. The maximum absolute atomic E-state index is 9.21. The van der Waals surface area contributed by atoms with Gasteiger partial charge in [0.2, 0.25) is 0 Å². The molecule has 0 aliphatic carbocycles. The van der Waals surface area contributed by atoms with Crippen molar-refractivity contribution in [3.8, 4) is 6.07 Å². The average molecular weight is 238 g/mol. The van der Waals surface area contributed by atoms with Gasteiger partial charge in [0.05, 0.1) is 5.69 Å². The zero-order valence-electron chi connectivity index (χ0n) is 10.8. The molecule has 0 spiro atoms. The summed E-state index contributed by atoms with van der Waals surface area (Å²) >= 11 is 0. The number of aromatic amines is 1. The van der Waals surface area contributed by atoms with Crippen molar-refractivity contribution in [3.05, 3.63) is 52.7 Å². The summed E-state index contributed by atoms with van der Waals surface area (Å²) in [6, 6.07) is 12.3. The first-order valence-corrected chi connectivity index (χ1v) is 5.87. The molecule has 0 amide bonds. The molecule has 0 atom stereocenters. The highest BCUT2D eigenvalue weighted by Crippen LogP contribution is 2.19. The van der Waals surface area contributed by atoms with Crippen LogP contribution in [0, 0.1) is 32.1 Å². The van der Waals surface area contributed by atoms with E-state index in [-0.39, 0.29) is 0 Å². The monoisotopic (exact) mass is 238 g/mol. The first-order chi connectivity index (χ1) is 8.60. The minimum atomic E-state index is 0.655. The topological polar surface area (TPSA) is 50.0 Å². The lowest BCUT2D eigenvalue weighted by Gasteiger charge is -2.04. The number of anilines is 2. The summed E-state index contributed by atoms with van der Waals surface area (Å²) in [5.41, 5.74) is 4.82. The second kappa shape index (κ2) is 4.89. The highest BCUT2D eigenvalue weighted by Gasteiger charge is 2.14. The molecular weight excluding hydrogens is 222 g/mol. The Labute approximate surface area is 107 Å². The molecule has 0 saturated carbocycles. The van der Waals surface area contributed by atoms with Crippen LogP contribution in [0.3, 0.4) is 0 Å². The molecule has 90 valence electrons. The van der Waals surface area contributed by atoms with Crippen molar-refractivity contribution in [2.24, 2.45) is 0 Å². The van der Waals surface area contributed by atoms with Crippen molar-refractivity contribution in [3.63, 3.8) is 0 Å². The molecule has 3 nitrogen and oxygen atoms in total. The number of aryl methyl sites for hydroxylation is 3. The second-order valence-corrected chi connectivity index (χ2v) is 4.49. The number of nitrogens with one attached hydrogen (secondary N) is 2. The van der Waals surface area contributed by atoms with Crippen LogP contribution in [0.15, 0.2) is 30.3 Å². The van der Waals surface area contributed by atoms with Crippen LogP contribution in [0.2, 0.25) is 0 Å². The Hall–Kier alpha value is -2.34. The van der Waals surface area contributed by atoms with Crippen LogP contribution in [0.5, 0.6) is 0 Å². The number of pyridine rings is 1. The van der Waals surface area contributed by atoms with Gasteiger partial charge in [-0.1, -0.05) is 12.1 Å². The number of H-pyrrole nitrogens is 1. The molecule has 2 aromatic rings. The molecule has 1 aromatic heterocycles. The van der Waals surface area contributed by atoms with Gasteiger partial charge in [-0.05, 0) is 50.1 Å². The van der Waals surface area contributed by atoms with E-state index in [9.17, 15) is 5.26 Å². The molecule has 0 saturated heterocycles. The van der Waals surface area contributed by atoms with Gasteiger partial charge in [0.1, 0.15) is 17.3 Å². The highest BCUT2D eigenvalue weighted by atomic mass is 15.0. The summed E-state index contributed by atoms with van der Waals surface area (Å²) < 4.78 is 0. The average Bonchev–Trinajstić information content (AvgIpc) is 2.28. The SMILES string of the molecule is Cc1cccc(Nc2[nH+]c(C)cc(C)c2C#N)c1. The summed E-state index contributed by atoms with van der Waals surface area (Å²) in [6.45, 7) is 5.97. The summed E-state index contributed by atoms with van der Waals surface area (Å²) in [5.74, 6) is 0.751. The van der Waals surface area contributed by atoms with Crippen LogP contribution < -0.4 is 10.3 Å². The standard InChI is InChI=1S/C15H15N3/c1-10-5-4-6-13(7-10)18-15-14(9-16)11(2)8-12(3)17-15/h4-8H,1-3H3,(H,17,18)/p+1. The summed E-state index contributed by atoms with van der Waals surface area (Å²) in [7, 11) is 0. The molecule has 0 unspecified atom stereocenters. The van der Waals surface area contributed by atoms with Gasteiger partial charge in [-0.15, -0.1) is 0 Å².